The molecule has 15 heavy (non-hydrogen) atoms. The Kier molecular flexibility index (Phi) is 3.62. The molecule has 1 N–H and O–H groups in total. The van der Waals surface area contributed by atoms with E-state index in [1.54, 1.807) is 18.2 Å². The van der Waals surface area contributed by atoms with E-state index in [1.165, 1.54) is 0 Å². The van der Waals surface area contributed by atoms with E-state index in [-0.39, 0.29) is 0 Å². The van der Waals surface area contributed by atoms with E-state index in [0.29, 0.717) is 10.7 Å². The zero-order valence-electron chi connectivity index (χ0n) is 7.99. The molecule has 0 saturated carbocycles. The predicted octanol–water partition coefficient (Wildman–Crippen LogP) is 1.86. The molecule has 1 amide bonds. The predicted molar refractivity (Wildman–Crippen MR) is 56.7 cm³/mol. The molecular formula is C9H9ClN2O3. The third kappa shape index (κ3) is 3.55. The van der Waals surface area contributed by atoms with Gasteiger partial charge in [0.15, 0.2) is 0 Å². The quantitative estimate of drug-likeness (QED) is 0.634. The van der Waals surface area contributed by atoms with Crippen LogP contribution in [0.5, 0.6) is 0 Å². The lowest BCUT2D eigenvalue weighted by Gasteiger charge is -2.05. The largest absolute Gasteiger partial charge is 0.319 e. The summed E-state index contributed by atoms with van der Waals surface area (Å²) in [5, 5.41) is 12.8. The molecule has 1 rings (SSSR count). The van der Waals surface area contributed by atoms with Crippen molar-refractivity contribution < 1.29 is 9.72 Å². The van der Waals surface area contributed by atoms with Gasteiger partial charge in [0, 0.05) is 4.92 Å². The van der Waals surface area contributed by atoms with Crippen molar-refractivity contribution >= 4 is 23.2 Å². The van der Waals surface area contributed by atoms with Crippen LogP contribution in [0.3, 0.4) is 0 Å². The van der Waals surface area contributed by atoms with Crippen LogP contribution < -0.4 is 5.32 Å². The molecule has 0 bridgehead atoms. The second kappa shape index (κ2) is 4.75. The molecule has 0 aliphatic carbocycles. The van der Waals surface area contributed by atoms with Crippen molar-refractivity contribution in [2.75, 3.05) is 11.9 Å². The Balaban J connectivity index is 2.76. The van der Waals surface area contributed by atoms with Crippen LogP contribution in [0.1, 0.15) is 5.56 Å². The molecule has 0 saturated heterocycles. The molecule has 0 fully saturated rings. The fourth-order valence-electron chi connectivity index (χ4n) is 1.04. The SMILES string of the molecule is Cc1ccc(Cl)c(NC(=O)C[N+](=O)[O-])c1. The highest BCUT2D eigenvalue weighted by atomic mass is 35.5. The number of nitro groups is 1. The fourth-order valence-corrected chi connectivity index (χ4v) is 1.21. The van der Waals surface area contributed by atoms with Gasteiger partial charge < -0.3 is 5.32 Å². The topological polar surface area (TPSA) is 72.2 Å². The molecule has 0 unspecified atom stereocenters. The van der Waals surface area contributed by atoms with Crippen LogP contribution in [0.15, 0.2) is 18.2 Å². The summed E-state index contributed by atoms with van der Waals surface area (Å²) in [7, 11) is 0. The molecule has 0 heterocycles. The van der Waals surface area contributed by atoms with E-state index >= 15 is 0 Å². The minimum absolute atomic E-state index is 0.359. The number of carbonyl (C=O) groups excluding carboxylic acids is 1. The van der Waals surface area contributed by atoms with Crippen LogP contribution in [0.4, 0.5) is 5.69 Å². The van der Waals surface area contributed by atoms with Crippen molar-refractivity contribution in [3.63, 3.8) is 0 Å². The Morgan fingerprint density at radius 3 is 2.87 bits per heavy atom. The van der Waals surface area contributed by atoms with Gasteiger partial charge in [-0.3, -0.25) is 14.9 Å². The van der Waals surface area contributed by atoms with Gasteiger partial charge in [-0.25, -0.2) is 0 Å². The van der Waals surface area contributed by atoms with Crippen LogP contribution in [0.25, 0.3) is 0 Å². The molecule has 5 nitrogen and oxygen atoms in total. The minimum Gasteiger partial charge on any atom is -0.319 e. The third-order valence-corrected chi connectivity index (χ3v) is 2.00. The van der Waals surface area contributed by atoms with Crippen LogP contribution in [0.2, 0.25) is 5.02 Å². The van der Waals surface area contributed by atoms with E-state index in [9.17, 15) is 14.9 Å². The monoisotopic (exact) mass is 228 g/mol. The summed E-state index contributed by atoms with van der Waals surface area (Å²) in [5.74, 6) is -0.687. The van der Waals surface area contributed by atoms with Crippen molar-refractivity contribution in [2.45, 2.75) is 6.92 Å². The van der Waals surface area contributed by atoms with Gasteiger partial charge in [-0.2, -0.15) is 0 Å². The molecule has 0 aromatic heterocycles. The number of hydrogen-bond donors (Lipinski definition) is 1. The summed E-state index contributed by atoms with van der Waals surface area (Å²) >= 11 is 5.79. The number of amides is 1. The Hall–Kier alpha value is -1.62. The maximum Gasteiger partial charge on any atom is 0.296 e. The molecule has 80 valence electrons. The van der Waals surface area contributed by atoms with Crippen molar-refractivity contribution in [3.05, 3.63) is 38.9 Å². The number of aryl methyl sites for hydroxylation is 1. The fraction of sp³-hybridized carbons (Fsp3) is 0.222. The third-order valence-electron chi connectivity index (χ3n) is 1.67. The van der Waals surface area contributed by atoms with Crippen molar-refractivity contribution in [3.8, 4) is 0 Å². The Bertz CT molecular complexity index is 406. The summed E-state index contributed by atoms with van der Waals surface area (Å²) in [6, 6.07) is 5.06. The number of carbonyl (C=O) groups is 1. The number of anilines is 1. The molecule has 0 atom stereocenters. The van der Waals surface area contributed by atoms with E-state index < -0.39 is 17.4 Å². The molecule has 0 aliphatic heterocycles. The Labute approximate surface area is 91.2 Å². The highest BCUT2D eigenvalue weighted by Gasteiger charge is 2.11. The van der Waals surface area contributed by atoms with Gasteiger partial charge in [-0.1, -0.05) is 17.7 Å². The number of hydrogen-bond acceptors (Lipinski definition) is 3. The summed E-state index contributed by atoms with van der Waals surface area (Å²) in [6.07, 6.45) is 0. The average Bonchev–Trinajstić information content (AvgIpc) is 2.10. The van der Waals surface area contributed by atoms with Crippen molar-refractivity contribution in [2.24, 2.45) is 0 Å². The van der Waals surface area contributed by atoms with Gasteiger partial charge in [-0.15, -0.1) is 0 Å². The maximum absolute atomic E-state index is 11.1. The molecule has 0 radical (unpaired) electrons. The van der Waals surface area contributed by atoms with E-state index in [1.807, 2.05) is 6.92 Å². The average molecular weight is 229 g/mol. The lowest BCUT2D eigenvalue weighted by Crippen LogP contribution is -2.21. The summed E-state index contributed by atoms with van der Waals surface area (Å²) in [6.45, 7) is 1.07. The molecular weight excluding hydrogens is 220 g/mol. The zero-order chi connectivity index (χ0) is 11.4. The number of halogens is 1. The lowest BCUT2D eigenvalue weighted by molar-refractivity contribution is -0.467. The molecule has 1 aromatic carbocycles. The van der Waals surface area contributed by atoms with Gasteiger partial charge in [0.25, 0.3) is 12.5 Å². The standard InChI is InChI=1S/C9H9ClN2O3/c1-6-2-3-7(10)8(4-6)11-9(13)5-12(14)15/h2-4H,5H2,1H3,(H,11,13). The first-order valence-electron chi connectivity index (χ1n) is 4.17. The van der Waals surface area contributed by atoms with Crippen LogP contribution in [0, 0.1) is 17.0 Å². The normalized spacial score (nSPS) is 9.73. The Morgan fingerprint density at radius 2 is 2.27 bits per heavy atom. The molecule has 6 heteroatoms. The van der Waals surface area contributed by atoms with E-state index in [4.69, 9.17) is 11.6 Å². The van der Waals surface area contributed by atoms with Crippen LogP contribution in [-0.2, 0) is 4.79 Å². The minimum atomic E-state index is -0.760. The van der Waals surface area contributed by atoms with Gasteiger partial charge >= 0.3 is 0 Å². The molecule has 0 aliphatic rings. The number of rotatable bonds is 3. The Morgan fingerprint density at radius 1 is 1.60 bits per heavy atom. The summed E-state index contributed by atoms with van der Waals surface area (Å²) < 4.78 is 0. The van der Waals surface area contributed by atoms with Crippen LogP contribution >= 0.6 is 11.6 Å². The van der Waals surface area contributed by atoms with E-state index in [2.05, 4.69) is 5.32 Å². The second-order valence-electron chi connectivity index (χ2n) is 3.02. The first-order valence-corrected chi connectivity index (χ1v) is 4.54. The zero-order valence-corrected chi connectivity index (χ0v) is 8.75. The van der Waals surface area contributed by atoms with E-state index in [0.717, 1.165) is 5.56 Å². The first-order chi connectivity index (χ1) is 6.99. The number of nitrogens with one attached hydrogen (secondary N) is 1. The van der Waals surface area contributed by atoms with Gasteiger partial charge in [-0.05, 0) is 24.6 Å². The molecule has 0 spiro atoms. The van der Waals surface area contributed by atoms with Gasteiger partial charge in [0.1, 0.15) is 0 Å². The van der Waals surface area contributed by atoms with Gasteiger partial charge in [0.05, 0.1) is 10.7 Å². The van der Waals surface area contributed by atoms with Crippen LogP contribution in [-0.4, -0.2) is 17.4 Å². The van der Waals surface area contributed by atoms with Crippen molar-refractivity contribution in [1.29, 1.82) is 0 Å². The summed E-state index contributed by atoms with van der Waals surface area (Å²) in [5.41, 5.74) is 1.30. The maximum atomic E-state index is 11.1. The lowest BCUT2D eigenvalue weighted by atomic mass is 10.2. The highest BCUT2D eigenvalue weighted by Crippen LogP contribution is 2.22. The van der Waals surface area contributed by atoms with Gasteiger partial charge in [0.2, 0.25) is 0 Å². The highest BCUT2D eigenvalue weighted by molar-refractivity contribution is 6.33. The second-order valence-corrected chi connectivity index (χ2v) is 3.43. The van der Waals surface area contributed by atoms with Crippen molar-refractivity contribution in [1.82, 2.24) is 0 Å². The molecule has 1 aromatic rings. The number of benzene rings is 1. The smallest absolute Gasteiger partial charge is 0.296 e. The summed E-state index contributed by atoms with van der Waals surface area (Å²) in [4.78, 5) is 20.4. The first kappa shape index (κ1) is 11.5. The number of nitrogens with zero attached hydrogens (tertiary/aromatic N) is 1.